The van der Waals surface area contributed by atoms with Gasteiger partial charge >= 0.3 is 191 Å². The Kier molecular flexibility index (Phi) is 5.48. The first kappa shape index (κ1) is 25.1. The molecule has 0 spiro atoms. The van der Waals surface area contributed by atoms with E-state index in [9.17, 15) is 0 Å². The van der Waals surface area contributed by atoms with Crippen LogP contribution in [0.3, 0.4) is 0 Å². The zero-order valence-corrected chi connectivity index (χ0v) is 22.7. The molecule has 178 valence electrons. The second-order valence-corrected chi connectivity index (χ2v) is 16.9. The molecule has 3 rings (SSSR count). The van der Waals surface area contributed by atoms with E-state index in [1.807, 2.05) is 44.4 Å². The molecule has 0 radical (unpaired) electrons. The van der Waals surface area contributed by atoms with Crippen LogP contribution in [0.5, 0.6) is 0 Å². The molecule has 0 atom stereocenters. The van der Waals surface area contributed by atoms with Crippen molar-refractivity contribution < 1.29 is 18.3 Å². The van der Waals surface area contributed by atoms with Gasteiger partial charge in [0, 0.05) is 0 Å². The van der Waals surface area contributed by atoms with Crippen LogP contribution in [0.25, 0.3) is 0 Å². The molecule has 2 saturated heterocycles. The summed E-state index contributed by atoms with van der Waals surface area (Å²) in [4.78, 5) is 32.8. The first-order valence-electron chi connectivity index (χ1n) is 12.1. The Morgan fingerprint density at radius 2 is 0.903 bits per heavy atom. The Morgan fingerprint density at radius 1 is 0.613 bits per heavy atom. The van der Waals surface area contributed by atoms with Crippen LogP contribution < -0.4 is 15.1 Å². The van der Waals surface area contributed by atoms with Crippen molar-refractivity contribution >= 4 is 12.7 Å². The molecular formula is C26H47N2O2P. The van der Waals surface area contributed by atoms with Crippen LogP contribution >= 0.6 is 7.36 Å². The molecule has 2 fully saturated rings. The Balaban J connectivity index is 2.58. The zero-order chi connectivity index (χ0) is 23.8. The van der Waals surface area contributed by atoms with E-state index in [-0.39, 0.29) is 8.51 Å². The Labute approximate surface area is 191 Å². The molecule has 1 aromatic carbocycles. The molecule has 0 N–H and O–H groups in total. The van der Waals surface area contributed by atoms with Gasteiger partial charge in [0.15, 0.2) is 0 Å². The predicted molar refractivity (Wildman–Crippen MR) is 129 cm³/mol. The van der Waals surface area contributed by atoms with Crippen LogP contribution in [0, 0.1) is 0 Å². The van der Waals surface area contributed by atoms with Crippen LogP contribution in [0.1, 0.15) is 93.9 Å². The summed E-state index contributed by atoms with van der Waals surface area (Å²) in [5, 5.41) is 0.504. The van der Waals surface area contributed by atoms with Crippen LogP contribution in [0.15, 0.2) is 30.3 Å². The molecule has 2 heterocycles. The third-order valence-electron chi connectivity index (χ3n) is 10.5. The van der Waals surface area contributed by atoms with Crippen molar-refractivity contribution in [1.82, 2.24) is 0 Å². The number of quaternary nitrogens is 2. The van der Waals surface area contributed by atoms with Crippen LogP contribution in [0.4, 0.5) is 0 Å². The van der Waals surface area contributed by atoms with E-state index < -0.39 is 29.5 Å². The third-order valence-corrected chi connectivity index (χ3v) is 16.6. The van der Waals surface area contributed by atoms with Gasteiger partial charge in [-0.05, 0) is 0 Å². The van der Waals surface area contributed by atoms with Gasteiger partial charge in [-0.25, -0.2) is 0 Å². The Bertz CT molecular complexity index is 762. The second kappa shape index (κ2) is 6.76. The van der Waals surface area contributed by atoms with E-state index >= 15 is 9.79 Å². The van der Waals surface area contributed by atoms with Crippen molar-refractivity contribution in [3.05, 3.63) is 30.3 Å². The standard InChI is InChI=1S/C26H47N2O2P/c1-23(2)18-14-19-24(3,4)27(23,9)31(29,30,22-16-12-11-13-17-22)28(10)25(5,6)20-15-21-26(28,7)8/h11-13,16-17H,14-15,18-21H2,1-10H3. The number of rotatable bonds is 3. The van der Waals surface area contributed by atoms with E-state index in [2.05, 4.69) is 55.4 Å². The average molecular weight is 451 g/mol. The normalized spacial score (nSPS) is 29.5. The maximum atomic E-state index is 16.4. The third kappa shape index (κ3) is 2.66. The summed E-state index contributed by atoms with van der Waals surface area (Å²) in [5.41, 5.74) is -1.65. The molecule has 0 aromatic heterocycles. The van der Waals surface area contributed by atoms with Gasteiger partial charge in [-0.2, -0.15) is 0 Å². The van der Waals surface area contributed by atoms with Gasteiger partial charge in [-0.3, -0.25) is 0 Å². The monoisotopic (exact) mass is 450 g/mol. The maximum absolute atomic E-state index is 16.4. The SMILES string of the molecule is CC1(C)CCCC(C)(C)[N+]1(C)P([O-])([O-])(c1ccccc1)[N+]1(C)C(C)(C)CCCC1(C)C. The van der Waals surface area contributed by atoms with Crippen molar-refractivity contribution in [3.8, 4) is 0 Å². The fourth-order valence-corrected chi connectivity index (χ4v) is 14.4. The first-order valence-corrected chi connectivity index (χ1v) is 14.1. The number of nitrogens with zero attached hydrogens (tertiary/aromatic N) is 2. The van der Waals surface area contributed by atoms with Crippen molar-refractivity contribution in [2.45, 2.75) is 116 Å². The molecule has 0 aliphatic carbocycles. The van der Waals surface area contributed by atoms with Crippen molar-refractivity contribution in [3.63, 3.8) is 0 Å². The number of likely N-dealkylation sites (tertiary alicyclic amines) is 2. The van der Waals surface area contributed by atoms with Gasteiger partial charge in [0.05, 0.1) is 0 Å². The van der Waals surface area contributed by atoms with Gasteiger partial charge < -0.3 is 0 Å². The molecule has 0 saturated carbocycles. The van der Waals surface area contributed by atoms with Crippen LogP contribution in [-0.2, 0) is 0 Å². The molecule has 5 heteroatoms. The predicted octanol–water partition coefficient (Wildman–Crippen LogP) is 4.62. The van der Waals surface area contributed by atoms with E-state index in [0.717, 1.165) is 38.5 Å². The van der Waals surface area contributed by atoms with Crippen molar-refractivity contribution in [2.24, 2.45) is 0 Å². The Morgan fingerprint density at radius 3 is 1.19 bits per heavy atom. The molecule has 0 amide bonds. The molecule has 31 heavy (non-hydrogen) atoms. The van der Waals surface area contributed by atoms with Crippen LogP contribution in [-0.4, -0.2) is 44.8 Å². The van der Waals surface area contributed by atoms with Gasteiger partial charge in [-0.1, -0.05) is 0 Å². The summed E-state index contributed by atoms with van der Waals surface area (Å²) in [5.74, 6) is 0. The minimum atomic E-state index is -5.27. The molecule has 2 aliphatic heterocycles. The van der Waals surface area contributed by atoms with E-state index in [1.165, 1.54) is 0 Å². The van der Waals surface area contributed by atoms with E-state index in [4.69, 9.17) is 0 Å². The average Bonchev–Trinajstić information content (AvgIpc) is 2.64. The van der Waals surface area contributed by atoms with Crippen molar-refractivity contribution in [1.29, 1.82) is 0 Å². The fourth-order valence-electron chi connectivity index (χ4n) is 7.83. The first-order chi connectivity index (χ1) is 13.8. The Hall–Kier alpha value is -0.510. The summed E-state index contributed by atoms with van der Waals surface area (Å²) >= 11 is 0. The quantitative estimate of drug-likeness (QED) is 0.631. The summed E-state index contributed by atoms with van der Waals surface area (Å²) in [6.45, 7) is 17.5. The van der Waals surface area contributed by atoms with E-state index in [0.29, 0.717) is 5.30 Å². The summed E-state index contributed by atoms with van der Waals surface area (Å²) in [6, 6.07) is 9.47. The molecular weight excluding hydrogens is 403 g/mol. The number of hydrogen-bond donors (Lipinski definition) is 0. The van der Waals surface area contributed by atoms with Gasteiger partial charge in [-0.15, -0.1) is 0 Å². The van der Waals surface area contributed by atoms with Crippen molar-refractivity contribution in [2.75, 3.05) is 14.1 Å². The molecule has 2 aliphatic rings. The second-order valence-electron chi connectivity index (χ2n) is 13.1. The summed E-state index contributed by atoms with van der Waals surface area (Å²) < 4.78 is 0.109. The van der Waals surface area contributed by atoms with E-state index in [1.54, 1.807) is 0 Å². The number of benzene rings is 1. The molecule has 0 unspecified atom stereocenters. The number of piperidine rings is 2. The minimum absolute atomic E-state index is 0.0545. The molecule has 0 bridgehead atoms. The summed E-state index contributed by atoms with van der Waals surface area (Å²) in [6.07, 6.45) is 5.75. The topological polar surface area (TPSA) is 46.1 Å². The molecule has 4 nitrogen and oxygen atoms in total. The number of hydrogen-bond acceptors (Lipinski definition) is 2. The van der Waals surface area contributed by atoms with Gasteiger partial charge in [0.25, 0.3) is 0 Å². The van der Waals surface area contributed by atoms with Gasteiger partial charge in [0.2, 0.25) is 0 Å². The van der Waals surface area contributed by atoms with Gasteiger partial charge in [0.1, 0.15) is 0 Å². The fraction of sp³-hybridized carbons (Fsp3) is 0.769. The zero-order valence-electron chi connectivity index (χ0n) is 21.8. The molecule has 1 aromatic rings. The summed E-state index contributed by atoms with van der Waals surface area (Å²) in [7, 11) is -1.17. The van der Waals surface area contributed by atoms with Crippen LogP contribution in [0.2, 0.25) is 0 Å².